The number of carbonyl (C=O) groups is 1. The van der Waals surface area contributed by atoms with E-state index in [1.165, 1.54) is 0 Å². The van der Waals surface area contributed by atoms with Crippen LogP contribution in [0.2, 0.25) is 0 Å². The molecule has 4 nitrogen and oxygen atoms in total. The highest BCUT2D eigenvalue weighted by atomic mass is 16.5. The molecule has 17 heavy (non-hydrogen) atoms. The molecule has 0 fully saturated rings. The third-order valence-corrected chi connectivity index (χ3v) is 3.26. The van der Waals surface area contributed by atoms with E-state index in [1.807, 2.05) is 26.8 Å². The molecule has 2 rings (SSSR count). The number of anilines is 2. The largest absolute Gasteiger partial charge is 0.488 e. The van der Waals surface area contributed by atoms with Gasteiger partial charge in [0.25, 0.3) is 0 Å². The molecular weight excluding hydrogens is 216 g/mol. The van der Waals surface area contributed by atoms with Gasteiger partial charge >= 0.3 is 0 Å². The summed E-state index contributed by atoms with van der Waals surface area (Å²) in [6.45, 7) is 6.16. The van der Waals surface area contributed by atoms with Gasteiger partial charge in [0.1, 0.15) is 0 Å². The minimum atomic E-state index is -0.147. The Morgan fingerprint density at radius 3 is 2.71 bits per heavy atom. The van der Waals surface area contributed by atoms with E-state index in [9.17, 15) is 4.79 Å². The third kappa shape index (κ3) is 1.73. The average molecular weight is 234 g/mol. The van der Waals surface area contributed by atoms with Crippen molar-refractivity contribution in [3.05, 3.63) is 17.2 Å². The first kappa shape index (κ1) is 11.8. The van der Waals surface area contributed by atoms with Crippen molar-refractivity contribution >= 4 is 17.3 Å². The lowest BCUT2D eigenvalue weighted by Crippen LogP contribution is -2.32. The molecule has 1 aliphatic heterocycles. The molecule has 1 amide bonds. The number of amides is 1. The lowest BCUT2D eigenvalue weighted by Gasteiger charge is -2.21. The Kier molecular flexibility index (Phi) is 2.73. The number of nitrogens with two attached hydrogens (primary N) is 1. The summed E-state index contributed by atoms with van der Waals surface area (Å²) in [6.07, 6.45) is 0. The minimum Gasteiger partial charge on any atom is -0.488 e. The SMILES string of the molecule is Cc1cc(C)c2c(c1N)OCC(C)C(=O)N2C. The van der Waals surface area contributed by atoms with Crippen molar-refractivity contribution in [2.45, 2.75) is 20.8 Å². The Morgan fingerprint density at radius 2 is 2.06 bits per heavy atom. The minimum absolute atomic E-state index is 0.0649. The molecule has 2 N–H and O–H groups in total. The van der Waals surface area contributed by atoms with Gasteiger partial charge in [0.15, 0.2) is 5.75 Å². The van der Waals surface area contributed by atoms with Crippen molar-refractivity contribution < 1.29 is 9.53 Å². The molecule has 1 aromatic rings. The summed E-state index contributed by atoms with van der Waals surface area (Å²) in [4.78, 5) is 13.7. The maximum atomic E-state index is 12.1. The van der Waals surface area contributed by atoms with Crippen LogP contribution in [0.4, 0.5) is 11.4 Å². The smallest absolute Gasteiger partial charge is 0.233 e. The summed E-state index contributed by atoms with van der Waals surface area (Å²) in [7, 11) is 1.77. The van der Waals surface area contributed by atoms with Crippen LogP contribution >= 0.6 is 0 Å². The van der Waals surface area contributed by atoms with Gasteiger partial charge in [0.05, 0.1) is 23.9 Å². The van der Waals surface area contributed by atoms with Gasteiger partial charge in [-0.1, -0.05) is 13.0 Å². The number of nitrogen functional groups attached to an aromatic ring is 1. The Hall–Kier alpha value is -1.71. The zero-order valence-corrected chi connectivity index (χ0v) is 10.7. The van der Waals surface area contributed by atoms with Gasteiger partial charge in [0.2, 0.25) is 5.91 Å². The summed E-state index contributed by atoms with van der Waals surface area (Å²) in [5.74, 6) is 0.560. The van der Waals surface area contributed by atoms with Gasteiger partial charge in [-0.25, -0.2) is 0 Å². The van der Waals surface area contributed by atoms with E-state index in [0.29, 0.717) is 18.0 Å². The Balaban J connectivity index is 2.66. The lowest BCUT2D eigenvalue weighted by atomic mass is 10.1. The van der Waals surface area contributed by atoms with Crippen LogP contribution in [-0.4, -0.2) is 19.6 Å². The summed E-state index contributed by atoms with van der Waals surface area (Å²) in [5.41, 5.74) is 9.44. The number of aryl methyl sites for hydroxylation is 2. The van der Waals surface area contributed by atoms with Gasteiger partial charge in [-0.3, -0.25) is 4.79 Å². The second-order valence-electron chi connectivity index (χ2n) is 4.71. The van der Waals surface area contributed by atoms with Crippen LogP contribution in [0.3, 0.4) is 0 Å². The molecule has 1 heterocycles. The number of ether oxygens (including phenoxy) is 1. The highest BCUT2D eigenvalue weighted by Gasteiger charge is 2.29. The predicted molar refractivity (Wildman–Crippen MR) is 68.4 cm³/mol. The van der Waals surface area contributed by atoms with Crippen molar-refractivity contribution in [3.63, 3.8) is 0 Å². The second-order valence-corrected chi connectivity index (χ2v) is 4.71. The summed E-state index contributed by atoms with van der Waals surface area (Å²) in [5, 5.41) is 0. The Labute approximate surface area is 101 Å². The summed E-state index contributed by atoms with van der Waals surface area (Å²) in [6, 6.07) is 1.98. The van der Waals surface area contributed by atoms with Gasteiger partial charge in [-0.2, -0.15) is 0 Å². The number of carbonyl (C=O) groups excluding carboxylic acids is 1. The molecule has 0 aromatic heterocycles. The molecule has 0 bridgehead atoms. The van der Waals surface area contributed by atoms with Gasteiger partial charge in [-0.15, -0.1) is 0 Å². The lowest BCUT2D eigenvalue weighted by molar-refractivity contribution is -0.122. The van der Waals surface area contributed by atoms with E-state index >= 15 is 0 Å². The highest BCUT2D eigenvalue weighted by molar-refractivity contribution is 5.99. The topological polar surface area (TPSA) is 55.6 Å². The second kappa shape index (κ2) is 3.95. The fraction of sp³-hybridized carbons (Fsp3) is 0.462. The van der Waals surface area contributed by atoms with E-state index in [4.69, 9.17) is 10.5 Å². The van der Waals surface area contributed by atoms with Crippen LogP contribution in [0.25, 0.3) is 0 Å². The molecule has 0 saturated carbocycles. The van der Waals surface area contributed by atoms with Crippen LogP contribution in [0.15, 0.2) is 6.07 Å². The summed E-state index contributed by atoms with van der Waals surface area (Å²) >= 11 is 0. The first-order valence-corrected chi connectivity index (χ1v) is 5.73. The van der Waals surface area contributed by atoms with Crippen LogP contribution in [0.5, 0.6) is 5.75 Å². The maximum absolute atomic E-state index is 12.1. The molecule has 0 aliphatic carbocycles. The number of rotatable bonds is 0. The average Bonchev–Trinajstić information content (AvgIpc) is 2.39. The van der Waals surface area contributed by atoms with E-state index in [2.05, 4.69) is 0 Å². The number of hydrogen-bond donors (Lipinski definition) is 1. The molecule has 4 heteroatoms. The molecule has 1 atom stereocenters. The zero-order valence-electron chi connectivity index (χ0n) is 10.7. The van der Waals surface area contributed by atoms with E-state index in [-0.39, 0.29) is 11.8 Å². The number of fused-ring (bicyclic) bond motifs is 1. The standard InChI is InChI=1S/C13H18N2O2/c1-7-5-8(2)11-12(10(7)14)17-6-9(3)13(16)15(11)4/h5,9H,6,14H2,1-4H3. The monoisotopic (exact) mass is 234 g/mol. The van der Waals surface area contributed by atoms with Crippen molar-refractivity contribution in [2.75, 3.05) is 24.3 Å². The van der Waals surface area contributed by atoms with Gasteiger partial charge in [-0.05, 0) is 25.0 Å². The molecule has 0 saturated heterocycles. The number of hydrogen-bond acceptors (Lipinski definition) is 3. The Morgan fingerprint density at radius 1 is 1.41 bits per heavy atom. The molecule has 1 aromatic carbocycles. The summed E-state index contributed by atoms with van der Waals surface area (Å²) < 4.78 is 5.71. The van der Waals surface area contributed by atoms with Gasteiger partial charge in [0, 0.05) is 7.05 Å². The molecule has 1 aliphatic rings. The van der Waals surface area contributed by atoms with Gasteiger partial charge < -0.3 is 15.4 Å². The van der Waals surface area contributed by atoms with E-state index < -0.39 is 0 Å². The predicted octanol–water partition coefficient (Wildman–Crippen LogP) is 1.88. The first-order chi connectivity index (χ1) is 7.93. The molecule has 92 valence electrons. The normalized spacial score (nSPS) is 19.6. The third-order valence-electron chi connectivity index (χ3n) is 3.26. The maximum Gasteiger partial charge on any atom is 0.233 e. The quantitative estimate of drug-likeness (QED) is 0.697. The first-order valence-electron chi connectivity index (χ1n) is 5.73. The highest BCUT2D eigenvalue weighted by Crippen LogP contribution is 2.41. The molecule has 0 radical (unpaired) electrons. The van der Waals surface area contributed by atoms with Crippen LogP contribution in [0, 0.1) is 19.8 Å². The van der Waals surface area contributed by atoms with Crippen LogP contribution in [0.1, 0.15) is 18.1 Å². The number of nitrogens with zero attached hydrogens (tertiary/aromatic N) is 1. The molecule has 1 unspecified atom stereocenters. The van der Waals surface area contributed by atoms with Crippen LogP contribution < -0.4 is 15.4 Å². The fourth-order valence-electron chi connectivity index (χ4n) is 2.24. The Bertz CT molecular complexity index is 483. The fourth-order valence-corrected chi connectivity index (χ4v) is 2.24. The van der Waals surface area contributed by atoms with E-state index in [0.717, 1.165) is 16.8 Å². The molecular formula is C13H18N2O2. The van der Waals surface area contributed by atoms with Crippen molar-refractivity contribution in [1.82, 2.24) is 0 Å². The zero-order chi connectivity index (χ0) is 12.7. The van der Waals surface area contributed by atoms with Crippen molar-refractivity contribution in [2.24, 2.45) is 5.92 Å². The van der Waals surface area contributed by atoms with Crippen molar-refractivity contribution in [3.8, 4) is 5.75 Å². The molecule has 0 spiro atoms. The van der Waals surface area contributed by atoms with Crippen LogP contribution in [-0.2, 0) is 4.79 Å². The van der Waals surface area contributed by atoms with Crippen molar-refractivity contribution in [1.29, 1.82) is 0 Å². The number of benzene rings is 1. The van der Waals surface area contributed by atoms with E-state index in [1.54, 1.807) is 11.9 Å².